The monoisotopic (exact) mass is 242 g/mol. The number of hydrogen-bond acceptors (Lipinski definition) is 2. The van der Waals surface area contributed by atoms with Gasteiger partial charge in [-0.05, 0) is 48.9 Å². The summed E-state index contributed by atoms with van der Waals surface area (Å²) in [6.45, 7) is 1.84. The lowest BCUT2D eigenvalue weighted by atomic mass is 9.90. The third kappa shape index (κ3) is 2.08. The van der Waals surface area contributed by atoms with Crippen molar-refractivity contribution in [2.24, 2.45) is 0 Å². The molecule has 2 aromatic rings. The number of hydrogen-bond donors (Lipinski definition) is 1. The quantitative estimate of drug-likeness (QED) is 0.896. The van der Waals surface area contributed by atoms with Crippen molar-refractivity contribution in [1.82, 2.24) is 0 Å². The number of furan rings is 1. The zero-order chi connectivity index (χ0) is 12.6. The Morgan fingerprint density at radius 3 is 2.83 bits per heavy atom. The van der Waals surface area contributed by atoms with Crippen molar-refractivity contribution in [1.29, 1.82) is 0 Å². The van der Waals surface area contributed by atoms with Crippen molar-refractivity contribution in [2.75, 3.05) is 0 Å². The Hall–Kier alpha value is -1.54. The molecule has 0 radical (unpaired) electrons. The summed E-state index contributed by atoms with van der Waals surface area (Å²) in [5.74, 6) is 0. The molecule has 1 aromatic heterocycles. The minimum atomic E-state index is -0.861. The van der Waals surface area contributed by atoms with E-state index >= 15 is 0 Å². The molecular weight excluding hydrogens is 224 g/mol. The average Bonchev–Trinajstić information content (AvgIpc) is 2.99. The van der Waals surface area contributed by atoms with E-state index in [-0.39, 0.29) is 0 Å². The first kappa shape index (κ1) is 11.5. The Labute approximate surface area is 107 Å². The van der Waals surface area contributed by atoms with Crippen LogP contribution in [0.5, 0.6) is 0 Å². The van der Waals surface area contributed by atoms with Gasteiger partial charge in [0.15, 0.2) is 0 Å². The summed E-state index contributed by atoms with van der Waals surface area (Å²) in [6, 6.07) is 8.42. The van der Waals surface area contributed by atoms with Crippen LogP contribution in [0.15, 0.2) is 41.2 Å². The highest BCUT2D eigenvalue weighted by Crippen LogP contribution is 2.28. The van der Waals surface area contributed by atoms with E-state index in [1.165, 1.54) is 36.0 Å². The molecule has 1 N–H and O–H groups in total. The van der Waals surface area contributed by atoms with Crippen LogP contribution < -0.4 is 0 Å². The Balaban J connectivity index is 1.84. The summed E-state index contributed by atoms with van der Waals surface area (Å²) < 4.78 is 5.05. The molecule has 1 unspecified atom stereocenters. The summed E-state index contributed by atoms with van der Waals surface area (Å²) in [7, 11) is 0. The van der Waals surface area contributed by atoms with E-state index in [1.54, 1.807) is 12.5 Å². The molecule has 2 heteroatoms. The number of aryl methyl sites for hydroxylation is 2. The zero-order valence-corrected chi connectivity index (χ0v) is 10.6. The molecule has 94 valence electrons. The molecule has 18 heavy (non-hydrogen) atoms. The first-order valence-corrected chi connectivity index (χ1v) is 6.51. The van der Waals surface area contributed by atoms with Crippen LogP contribution in [0.4, 0.5) is 0 Å². The van der Waals surface area contributed by atoms with E-state index in [2.05, 4.69) is 18.2 Å². The second-order valence-electron chi connectivity index (χ2n) is 5.42. The Bertz CT molecular complexity index is 538. The van der Waals surface area contributed by atoms with E-state index in [4.69, 9.17) is 4.42 Å². The molecule has 1 aromatic carbocycles. The minimum absolute atomic E-state index is 0.625. The van der Waals surface area contributed by atoms with Gasteiger partial charge in [-0.15, -0.1) is 0 Å². The summed E-state index contributed by atoms with van der Waals surface area (Å²) in [5, 5.41) is 10.5. The number of fused-ring (bicyclic) bond motifs is 1. The molecule has 0 spiro atoms. The van der Waals surface area contributed by atoms with E-state index in [1.807, 2.05) is 13.0 Å². The molecule has 0 fully saturated rings. The Morgan fingerprint density at radius 1 is 1.22 bits per heavy atom. The normalized spacial score (nSPS) is 17.4. The largest absolute Gasteiger partial charge is 0.472 e. The van der Waals surface area contributed by atoms with Gasteiger partial charge in [0.05, 0.1) is 18.1 Å². The first-order valence-electron chi connectivity index (χ1n) is 6.51. The maximum Gasteiger partial charge on any atom is 0.0963 e. The van der Waals surface area contributed by atoms with E-state index < -0.39 is 5.60 Å². The molecule has 2 nitrogen and oxygen atoms in total. The van der Waals surface area contributed by atoms with Crippen molar-refractivity contribution in [3.63, 3.8) is 0 Å². The smallest absolute Gasteiger partial charge is 0.0963 e. The summed E-state index contributed by atoms with van der Waals surface area (Å²) in [4.78, 5) is 0. The van der Waals surface area contributed by atoms with Crippen molar-refractivity contribution >= 4 is 0 Å². The Kier molecular flexibility index (Phi) is 2.75. The molecule has 1 aliphatic rings. The molecular formula is C16H18O2. The van der Waals surface area contributed by atoms with E-state index in [0.717, 1.165) is 5.56 Å². The lowest BCUT2D eigenvalue weighted by Crippen LogP contribution is -2.23. The van der Waals surface area contributed by atoms with Gasteiger partial charge in [0.1, 0.15) is 0 Å². The van der Waals surface area contributed by atoms with Crippen LogP contribution in [0.1, 0.15) is 35.6 Å². The molecule has 1 atom stereocenters. The fraction of sp³-hybridized carbons (Fsp3) is 0.375. The third-order valence-electron chi connectivity index (χ3n) is 3.85. The van der Waals surface area contributed by atoms with Crippen LogP contribution in [0, 0.1) is 0 Å². The SMILES string of the molecule is CC(O)(Cc1ccc2c(c1)CCC2)c1ccoc1. The lowest BCUT2D eigenvalue weighted by Gasteiger charge is -2.22. The van der Waals surface area contributed by atoms with Crippen LogP contribution >= 0.6 is 0 Å². The third-order valence-corrected chi connectivity index (χ3v) is 3.85. The minimum Gasteiger partial charge on any atom is -0.472 e. The predicted octanol–water partition coefficient (Wildman–Crippen LogP) is 3.22. The maximum absolute atomic E-state index is 10.5. The van der Waals surface area contributed by atoms with Gasteiger partial charge in [-0.2, -0.15) is 0 Å². The van der Waals surface area contributed by atoms with Crippen molar-refractivity contribution in [2.45, 2.75) is 38.2 Å². The van der Waals surface area contributed by atoms with Gasteiger partial charge in [0, 0.05) is 12.0 Å². The van der Waals surface area contributed by atoms with E-state index in [0.29, 0.717) is 6.42 Å². The summed E-state index contributed by atoms with van der Waals surface area (Å²) in [6.07, 6.45) is 7.49. The number of rotatable bonds is 3. The van der Waals surface area contributed by atoms with Gasteiger partial charge in [-0.1, -0.05) is 18.2 Å². The molecule has 3 rings (SSSR count). The van der Waals surface area contributed by atoms with Gasteiger partial charge >= 0.3 is 0 Å². The standard InChI is InChI=1S/C16H18O2/c1-16(17,15-7-8-18-11-15)10-12-5-6-13-3-2-4-14(13)9-12/h5-9,11,17H,2-4,10H2,1H3. The van der Waals surface area contributed by atoms with Crippen LogP contribution in [0.25, 0.3) is 0 Å². The van der Waals surface area contributed by atoms with Gasteiger partial charge in [-0.3, -0.25) is 0 Å². The Morgan fingerprint density at radius 2 is 2.06 bits per heavy atom. The fourth-order valence-corrected chi connectivity index (χ4v) is 2.81. The molecule has 1 heterocycles. The molecule has 0 saturated carbocycles. The first-order chi connectivity index (χ1) is 8.65. The molecule has 1 aliphatic carbocycles. The summed E-state index contributed by atoms with van der Waals surface area (Å²) >= 11 is 0. The highest BCUT2D eigenvalue weighted by Gasteiger charge is 2.25. The highest BCUT2D eigenvalue weighted by molar-refractivity contribution is 5.36. The van der Waals surface area contributed by atoms with Crippen molar-refractivity contribution in [3.8, 4) is 0 Å². The zero-order valence-electron chi connectivity index (χ0n) is 10.6. The summed E-state index contributed by atoms with van der Waals surface area (Å²) in [5.41, 5.74) is 4.10. The second-order valence-corrected chi connectivity index (χ2v) is 5.42. The molecule has 0 aliphatic heterocycles. The molecule has 0 saturated heterocycles. The van der Waals surface area contributed by atoms with Crippen molar-refractivity contribution < 1.29 is 9.52 Å². The van der Waals surface area contributed by atoms with Gasteiger partial charge in [0.2, 0.25) is 0 Å². The second kappa shape index (κ2) is 4.29. The van der Waals surface area contributed by atoms with Crippen LogP contribution in [-0.4, -0.2) is 5.11 Å². The van der Waals surface area contributed by atoms with Gasteiger partial charge in [-0.25, -0.2) is 0 Å². The fourth-order valence-electron chi connectivity index (χ4n) is 2.81. The molecule has 0 bridgehead atoms. The average molecular weight is 242 g/mol. The lowest BCUT2D eigenvalue weighted by molar-refractivity contribution is 0.0570. The number of benzene rings is 1. The molecule has 0 amide bonds. The van der Waals surface area contributed by atoms with Gasteiger partial charge < -0.3 is 9.52 Å². The predicted molar refractivity (Wildman–Crippen MR) is 70.4 cm³/mol. The van der Waals surface area contributed by atoms with Crippen LogP contribution in [-0.2, 0) is 24.9 Å². The highest BCUT2D eigenvalue weighted by atomic mass is 16.3. The van der Waals surface area contributed by atoms with Crippen molar-refractivity contribution in [3.05, 3.63) is 59.0 Å². The van der Waals surface area contributed by atoms with Crippen LogP contribution in [0.2, 0.25) is 0 Å². The van der Waals surface area contributed by atoms with Gasteiger partial charge in [0.25, 0.3) is 0 Å². The number of aliphatic hydroxyl groups is 1. The maximum atomic E-state index is 10.5. The van der Waals surface area contributed by atoms with E-state index in [9.17, 15) is 5.11 Å². The topological polar surface area (TPSA) is 33.4 Å². The van der Waals surface area contributed by atoms with Crippen LogP contribution in [0.3, 0.4) is 0 Å².